The van der Waals surface area contributed by atoms with Crippen molar-refractivity contribution in [3.63, 3.8) is 0 Å². The summed E-state index contributed by atoms with van der Waals surface area (Å²) in [5.41, 5.74) is 5.39. The Balaban J connectivity index is 2.40. The molecule has 7 heteroatoms. The molecule has 1 aliphatic rings. The molecule has 1 aromatic carbocycles. The number of nitrogens with two attached hydrogens (primary N) is 1. The third-order valence-corrected chi connectivity index (χ3v) is 2.45. The number of amides is 1. The predicted molar refractivity (Wildman–Crippen MR) is 55.1 cm³/mol. The van der Waals surface area contributed by atoms with Crippen molar-refractivity contribution in [2.45, 2.75) is 12.5 Å². The number of hydrogen-bond donors (Lipinski definition) is 1. The van der Waals surface area contributed by atoms with Crippen LogP contribution in [0.4, 0.5) is 5.69 Å². The van der Waals surface area contributed by atoms with E-state index in [0.717, 1.165) is 6.07 Å². The fourth-order valence-corrected chi connectivity index (χ4v) is 1.71. The summed E-state index contributed by atoms with van der Waals surface area (Å²) in [6.07, 6.45) is -0.868. The highest BCUT2D eigenvalue weighted by Gasteiger charge is 2.33. The number of nitro benzene ring substituents is 1. The number of carbonyl (C=O) groups excluding carboxylic acids is 2. The molecule has 2 N–H and O–H groups in total. The fraction of sp³-hybridized carbons (Fsp3) is 0.200. The molecule has 0 fully saturated rings. The zero-order chi connectivity index (χ0) is 12.6. The third-order valence-electron chi connectivity index (χ3n) is 2.45. The van der Waals surface area contributed by atoms with Gasteiger partial charge in [-0.3, -0.25) is 14.9 Å². The molecule has 0 bridgehead atoms. The van der Waals surface area contributed by atoms with Gasteiger partial charge in [0.15, 0.2) is 0 Å². The standard InChI is InChI=1S/C10H8N2O5/c11-9(13)4-8-6-2-1-5(12(15)16)3-7(6)10(14)17-8/h1-3,8H,4H2,(H2,11,13)/t8-/m0/s1. The van der Waals surface area contributed by atoms with Crippen molar-refractivity contribution in [2.24, 2.45) is 5.73 Å². The molecule has 1 atom stereocenters. The van der Waals surface area contributed by atoms with Gasteiger partial charge in [-0.25, -0.2) is 4.79 Å². The Morgan fingerprint density at radius 2 is 2.24 bits per heavy atom. The number of esters is 1. The van der Waals surface area contributed by atoms with Gasteiger partial charge in [-0.05, 0) is 6.07 Å². The van der Waals surface area contributed by atoms with Crippen LogP contribution in [0.2, 0.25) is 0 Å². The molecule has 1 aliphatic heterocycles. The number of primary amides is 1. The van der Waals surface area contributed by atoms with Gasteiger partial charge in [-0.2, -0.15) is 0 Å². The first-order valence-electron chi connectivity index (χ1n) is 4.76. The molecule has 2 rings (SSSR count). The molecule has 0 saturated heterocycles. The number of nitro groups is 1. The summed E-state index contributed by atoms with van der Waals surface area (Å²) in [6, 6.07) is 3.80. The Kier molecular flexibility index (Phi) is 2.51. The van der Waals surface area contributed by atoms with Crippen LogP contribution in [0.5, 0.6) is 0 Å². The second kappa shape index (κ2) is 3.85. The minimum Gasteiger partial charge on any atom is -0.453 e. The predicted octanol–water partition coefficient (Wildman–Crippen LogP) is 0.682. The van der Waals surface area contributed by atoms with Crippen molar-refractivity contribution in [2.75, 3.05) is 0 Å². The summed E-state index contributed by atoms with van der Waals surface area (Å²) in [6.45, 7) is 0. The summed E-state index contributed by atoms with van der Waals surface area (Å²) < 4.78 is 4.91. The quantitative estimate of drug-likeness (QED) is 0.471. The van der Waals surface area contributed by atoms with Crippen molar-refractivity contribution in [3.05, 3.63) is 39.4 Å². The number of non-ortho nitro benzene ring substituents is 1. The highest BCUT2D eigenvalue weighted by Crippen LogP contribution is 2.34. The van der Waals surface area contributed by atoms with Crippen molar-refractivity contribution in [3.8, 4) is 0 Å². The Labute approximate surface area is 95.3 Å². The molecular formula is C10H8N2O5. The molecule has 0 aliphatic carbocycles. The molecule has 0 unspecified atom stereocenters. The lowest BCUT2D eigenvalue weighted by Gasteiger charge is -2.06. The maximum Gasteiger partial charge on any atom is 0.339 e. The Morgan fingerprint density at radius 3 is 2.82 bits per heavy atom. The van der Waals surface area contributed by atoms with E-state index in [0.29, 0.717) is 5.56 Å². The minimum atomic E-state index is -0.740. The van der Waals surface area contributed by atoms with Crippen LogP contribution in [0.3, 0.4) is 0 Å². The summed E-state index contributed by atoms with van der Waals surface area (Å²) >= 11 is 0. The zero-order valence-corrected chi connectivity index (χ0v) is 8.58. The van der Waals surface area contributed by atoms with Crippen LogP contribution in [0.15, 0.2) is 18.2 Å². The van der Waals surface area contributed by atoms with Crippen molar-refractivity contribution < 1.29 is 19.2 Å². The fourth-order valence-electron chi connectivity index (χ4n) is 1.71. The molecule has 17 heavy (non-hydrogen) atoms. The first-order chi connectivity index (χ1) is 7.99. The summed E-state index contributed by atoms with van der Waals surface area (Å²) in [5.74, 6) is -1.27. The third kappa shape index (κ3) is 1.94. The van der Waals surface area contributed by atoms with Gasteiger partial charge in [-0.15, -0.1) is 0 Å². The molecule has 1 amide bonds. The van der Waals surface area contributed by atoms with Gasteiger partial charge in [0.05, 0.1) is 16.9 Å². The van der Waals surface area contributed by atoms with Gasteiger partial charge in [-0.1, -0.05) is 0 Å². The molecule has 0 radical (unpaired) electrons. The number of rotatable bonds is 3. The highest BCUT2D eigenvalue weighted by atomic mass is 16.6. The first-order valence-corrected chi connectivity index (χ1v) is 4.76. The molecule has 1 aromatic rings. The maximum atomic E-state index is 11.4. The molecule has 0 spiro atoms. The van der Waals surface area contributed by atoms with E-state index < -0.39 is 22.9 Å². The molecular weight excluding hydrogens is 228 g/mol. The number of hydrogen-bond acceptors (Lipinski definition) is 5. The zero-order valence-electron chi connectivity index (χ0n) is 8.58. The van der Waals surface area contributed by atoms with Gasteiger partial charge in [0, 0.05) is 17.7 Å². The lowest BCUT2D eigenvalue weighted by molar-refractivity contribution is -0.384. The van der Waals surface area contributed by atoms with E-state index in [-0.39, 0.29) is 17.7 Å². The highest BCUT2D eigenvalue weighted by molar-refractivity contribution is 5.95. The summed E-state index contributed by atoms with van der Waals surface area (Å²) in [7, 11) is 0. The molecule has 88 valence electrons. The normalized spacial score (nSPS) is 17.4. The van der Waals surface area contributed by atoms with Gasteiger partial charge in [0.2, 0.25) is 5.91 Å². The smallest absolute Gasteiger partial charge is 0.339 e. The summed E-state index contributed by atoms with van der Waals surface area (Å²) in [4.78, 5) is 32.1. The summed E-state index contributed by atoms with van der Waals surface area (Å²) in [5, 5.41) is 10.5. The SMILES string of the molecule is NC(=O)C[C@@H]1OC(=O)c2cc([N+](=O)[O-])ccc21. The number of nitrogens with zero attached hydrogens (tertiary/aromatic N) is 1. The van der Waals surface area contributed by atoms with Crippen molar-refractivity contribution in [1.82, 2.24) is 0 Å². The average molecular weight is 236 g/mol. The van der Waals surface area contributed by atoms with Crippen LogP contribution in [-0.2, 0) is 9.53 Å². The number of ether oxygens (including phenoxy) is 1. The maximum absolute atomic E-state index is 11.4. The van der Waals surface area contributed by atoms with Crippen LogP contribution in [-0.4, -0.2) is 16.8 Å². The lowest BCUT2D eigenvalue weighted by atomic mass is 10.0. The van der Waals surface area contributed by atoms with Crippen LogP contribution in [0.25, 0.3) is 0 Å². The number of benzene rings is 1. The average Bonchev–Trinajstić information content (AvgIpc) is 2.54. The number of fused-ring (bicyclic) bond motifs is 1. The van der Waals surface area contributed by atoms with E-state index in [4.69, 9.17) is 10.5 Å². The van der Waals surface area contributed by atoms with E-state index in [2.05, 4.69) is 0 Å². The number of cyclic esters (lactones) is 1. The number of carbonyl (C=O) groups is 2. The van der Waals surface area contributed by atoms with Crippen LogP contribution in [0.1, 0.15) is 28.4 Å². The molecule has 0 saturated carbocycles. The van der Waals surface area contributed by atoms with Crippen LogP contribution in [0, 0.1) is 10.1 Å². The Hall–Kier alpha value is -2.44. The van der Waals surface area contributed by atoms with Crippen LogP contribution >= 0.6 is 0 Å². The monoisotopic (exact) mass is 236 g/mol. The lowest BCUT2D eigenvalue weighted by Crippen LogP contribution is -2.15. The molecule has 7 nitrogen and oxygen atoms in total. The largest absolute Gasteiger partial charge is 0.453 e. The van der Waals surface area contributed by atoms with E-state index in [1.54, 1.807) is 0 Å². The topological polar surface area (TPSA) is 113 Å². The van der Waals surface area contributed by atoms with E-state index in [1.807, 2.05) is 0 Å². The van der Waals surface area contributed by atoms with E-state index in [9.17, 15) is 19.7 Å². The second-order valence-electron chi connectivity index (χ2n) is 3.59. The van der Waals surface area contributed by atoms with Gasteiger partial charge < -0.3 is 10.5 Å². The second-order valence-corrected chi connectivity index (χ2v) is 3.59. The van der Waals surface area contributed by atoms with Crippen molar-refractivity contribution >= 4 is 17.6 Å². The Bertz CT molecular complexity index is 525. The Morgan fingerprint density at radius 1 is 1.53 bits per heavy atom. The minimum absolute atomic E-state index is 0.116. The first kappa shape index (κ1) is 11.1. The van der Waals surface area contributed by atoms with E-state index >= 15 is 0 Å². The van der Waals surface area contributed by atoms with Crippen LogP contribution < -0.4 is 5.73 Å². The van der Waals surface area contributed by atoms with Gasteiger partial charge in [0.25, 0.3) is 5.69 Å². The molecule has 0 aromatic heterocycles. The van der Waals surface area contributed by atoms with E-state index in [1.165, 1.54) is 12.1 Å². The van der Waals surface area contributed by atoms with Gasteiger partial charge >= 0.3 is 5.97 Å². The van der Waals surface area contributed by atoms with Gasteiger partial charge in [0.1, 0.15) is 6.10 Å². The molecule has 1 heterocycles. The van der Waals surface area contributed by atoms with Crippen molar-refractivity contribution in [1.29, 1.82) is 0 Å².